The minimum absolute atomic E-state index is 0.233. The lowest BCUT2D eigenvalue weighted by Gasteiger charge is -2.14. The molecule has 0 unspecified atom stereocenters. The molecule has 0 saturated heterocycles. The fourth-order valence-corrected chi connectivity index (χ4v) is 2.90. The number of carbonyl (C=O) groups excluding carboxylic acids is 1. The van der Waals surface area contributed by atoms with E-state index in [0.717, 1.165) is 36.0 Å². The summed E-state index contributed by atoms with van der Waals surface area (Å²) in [5.41, 5.74) is 4.40. The van der Waals surface area contributed by atoms with E-state index in [1.807, 2.05) is 12.1 Å². The Kier molecular flexibility index (Phi) is 3.80. The monoisotopic (exact) mass is 319 g/mol. The van der Waals surface area contributed by atoms with Crippen LogP contribution in [0.3, 0.4) is 0 Å². The zero-order valence-electron chi connectivity index (χ0n) is 13.0. The van der Waals surface area contributed by atoms with E-state index in [0.29, 0.717) is 11.4 Å². The standard InChI is InChI=1S/C18H17N5O/c24-18(21-14-5-9-20-10-6-14)17-15-11-13(1-2-16(15)22-23-17)12-3-7-19-8-4-12/h1-3,5-6,9-11,19H,4,7-8H2,(H,22,23)(H,20,21,24). The van der Waals surface area contributed by atoms with Gasteiger partial charge in [-0.25, -0.2) is 0 Å². The molecule has 1 amide bonds. The fourth-order valence-electron chi connectivity index (χ4n) is 2.90. The second-order valence-electron chi connectivity index (χ2n) is 5.71. The van der Waals surface area contributed by atoms with Gasteiger partial charge >= 0.3 is 0 Å². The number of pyridine rings is 1. The molecular weight excluding hydrogens is 302 g/mol. The van der Waals surface area contributed by atoms with Crippen molar-refractivity contribution in [2.45, 2.75) is 6.42 Å². The number of H-pyrrole nitrogens is 1. The summed E-state index contributed by atoms with van der Waals surface area (Å²) in [7, 11) is 0. The minimum atomic E-state index is -0.233. The van der Waals surface area contributed by atoms with Crippen LogP contribution in [0.2, 0.25) is 0 Å². The predicted octanol–water partition coefficient (Wildman–Crippen LogP) is 2.59. The van der Waals surface area contributed by atoms with Gasteiger partial charge in [0.25, 0.3) is 5.91 Å². The molecular formula is C18H17N5O. The van der Waals surface area contributed by atoms with Crippen molar-refractivity contribution >= 4 is 28.1 Å². The number of nitrogens with one attached hydrogen (secondary N) is 3. The first-order valence-corrected chi connectivity index (χ1v) is 7.91. The number of fused-ring (bicyclic) bond motifs is 1. The van der Waals surface area contributed by atoms with E-state index in [1.165, 1.54) is 5.57 Å². The summed E-state index contributed by atoms with van der Waals surface area (Å²) in [5, 5.41) is 14.1. The van der Waals surface area contributed by atoms with Gasteiger partial charge < -0.3 is 10.6 Å². The van der Waals surface area contributed by atoms with Gasteiger partial charge in [-0.05, 0) is 48.4 Å². The molecule has 1 aliphatic heterocycles. The van der Waals surface area contributed by atoms with E-state index in [1.54, 1.807) is 24.5 Å². The van der Waals surface area contributed by atoms with Gasteiger partial charge in [0.1, 0.15) is 0 Å². The molecule has 0 aliphatic carbocycles. The van der Waals surface area contributed by atoms with E-state index in [2.05, 4.69) is 38.0 Å². The van der Waals surface area contributed by atoms with Crippen LogP contribution in [0.5, 0.6) is 0 Å². The molecule has 24 heavy (non-hydrogen) atoms. The predicted molar refractivity (Wildman–Crippen MR) is 93.7 cm³/mol. The molecule has 0 fully saturated rings. The van der Waals surface area contributed by atoms with Crippen molar-refractivity contribution in [3.05, 3.63) is 60.1 Å². The number of rotatable bonds is 3. The molecule has 6 heteroatoms. The van der Waals surface area contributed by atoms with E-state index in [9.17, 15) is 4.79 Å². The average Bonchev–Trinajstić information content (AvgIpc) is 3.06. The van der Waals surface area contributed by atoms with Crippen molar-refractivity contribution in [2.75, 3.05) is 18.4 Å². The van der Waals surface area contributed by atoms with Crippen LogP contribution in [0.15, 0.2) is 48.8 Å². The summed E-state index contributed by atoms with van der Waals surface area (Å²) < 4.78 is 0. The Labute approximate surface area is 139 Å². The molecule has 0 spiro atoms. The third-order valence-electron chi connectivity index (χ3n) is 4.15. The Morgan fingerprint density at radius 3 is 2.83 bits per heavy atom. The summed E-state index contributed by atoms with van der Waals surface area (Å²) >= 11 is 0. The van der Waals surface area contributed by atoms with E-state index in [4.69, 9.17) is 0 Å². The van der Waals surface area contributed by atoms with Gasteiger partial charge in [0.15, 0.2) is 5.69 Å². The van der Waals surface area contributed by atoms with Gasteiger partial charge in [-0.15, -0.1) is 0 Å². The number of benzene rings is 1. The van der Waals surface area contributed by atoms with Gasteiger partial charge in [0, 0.05) is 30.0 Å². The summed E-state index contributed by atoms with van der Waals surface area (Å²) in [6, 6.07) is 9.58. The molecule has 3 heterocycles. The topological polar surface area (TPSA) is 82.7 Å². The maximum Gasteiger partial charge on any atom is 0.276 e. The number of hydrogen-bond donors (Lipinski definition) is 3. The Bertz CT molecular complexity index is 914. The van der Waals surface area contributed by atoms with E-state index < -0.39 is 0 Å². The SMILES string of the molecule is O=C(Nc1ccncc1)c1n[nH]c2ccc(C3=CCNCC3)cc12. The van der Waals surface area contributed by atoms with Crippen molar-refractivity contribution in [3.63, 3.8) is 0 Å². The fraction of sp³-hybridized carbons (Fsp3) is 0.167. The first kappa shape index (κ1) is 14.6. The molecule has 0 saturated carbocycles. The zero-order chi connectivity index (χ0) is 16.4. The molecule has 1 aromatic carbocycles. The maximum absolute atomic E-state index is 12.5. The second-order valence-corrected chi connectivity index (χ2v) is 5.71. The molecule has 1 aliphatic rings. The summed E-state index contributed by atoms with van der Waals surface area (Å²) in [6.07, 6.45) is 6.46. The van der Waals surface area contributed by atoms with Gasteiger partial charge in [0.2, 0.25) is 0 Å². The number of nitrogens with zero attached hydrogens (tertiary/aromatic N) is 2. The van der Waals surface area contributed by atoms with Crippen molar-refractivity contribution in [1.82, 2.24) is 20.5 Å². The average molecular weight is 319 g/mol. The smallest absolute Gasteiger partial charge is 0.276 e. The lowest BCUT2D eigenvalue weighted by Crippen LogP contribution is -2.20. The lowest BCUT2D eigenvalue weighted by molar-refractivity contribution is 0.102. The Hall–Kier alpha value is -2.99. The zero-order valence-corrected chi connectivity index (χ0v) is 13.0. The van der Waals surface area contributed by atoms with Gasteiger partial charge in [0.05, 0.1) is 5.52 Å². The van der Waals surface area contributed by atoms with Crippen LogP contribution < -0.4 is 10.6 Å². The van der Waals surface area contributed by atoms with Crippen LogP contribution >= 0.6 is 0 Å². The van der Waals surface area contributed by atoms with E-state index >= 15 is 0 Å². The van der Waals surface area contributed by atoms with Crippen LogP contribution in [0.25, 0.3) is 16.5 Å². The molecule has 0 bridgehead atoms. The molecule has 3 N–H and O–H groups in total. The largest absolute Gasteiger partial charge is 0.320 e. The maximum atomic E-state index is 12.5. The van der Waals surface area contributed by atoms with Crippen molar-refractivity contribution in [3.8, 4) is 0 Å². The third-order valence-corrected chi connectivity index (χ3v) is 4.15. The first-order chi connectivity index (χ1) is 11.8. The Morgan fingerprint density at radius 2 is 2.04 bits per heavy atom. The highest BCUT2D eigenvalue weighted by molar-refractivity contribution is 6.11. The molecule has 3 aromatic rings. The highest BCUT2D eigenvalue weighted by Crippen LogP contribution is 2.25. The van der Waals surface area contributed by atoms with Crippen LogP contribution in [0, 0.1) is 0 Å². The van der Waals surface area contributed by atoms with Crippen molar-refractivity contribution < 1.29 is 4.79 Å². The van der Waals surface area contributed by atoms with Gasteiger partial charge in [-0.2, -0.15) is 5.10 Å². The van der Waals surface area contributed by atoms with Crippen LogP contribution in [-0.2, 0) is 0 Å². The van der Waals surface area contributed by atoms with Crippen LogP contribution in [-0.4, -0.2) is 34.2 Å². The van der Waals surface area contributed by atoms with Gasteiger partial charge in [-0.3, -0.25) is 14.9 Å². The number of hydrogen-bond acceptors (Lipinski definition) is 4. The molecule has 0 radical (unpaired) electrons. The quantitative estimate of drug-likeness (QED) is 0.693. The molecule has 4 rings (SSSR count). The highest BCUT2D eigenvalue weighted by Gasteiger charge is 2.16. The second kappa shape index (κ2) is 6.25. The van der Waals surface area contributed by atoms with Crippen LogP contribution in [0.4, 0.5) is 5.69 Å². The van der Waals surface area contributed by atoms with Crippen molar-refractivity contribution in [2.24, 2.45) is 0 Å². The Balaban J connectivity index is 1.68. The number of aromatic nitrogens is 3. The normalized spacial score (nSPS) is 14.4. The van der Waals surface area contributed by atoms with Crippen molar-refractivity contribution in [1.29, 1.82) is 0 Å². The molecule has 2 aromatic heterocycles. The highest BCUT2D eigenvalue weighted by atomic mass is 16.1. The number of aromatic amines is 1. The number of carbonyl (C=O) groups is 1. The summed E-state index contributed by atoms with van der Waals surface area (Å²) in [4.78, 5) is 16.5. The third kappa shape index (κ3) is 2.79. The Morgan fingerprint density at radius 1 is 1.17 bits per heavy atom. The van der Waals surface area contributed by atoms with E-state index in [-0.39, 0.29) is 5.91 Å². The molecule has 6 nitrogen and oxygen atoms in total. The van der Waals surface area contributed by atoms with Crippen LogP contribution in [0.1, 0.15) is 22.5 Å². The first-order valence-electron chi connectivity index (χ1n) is 7.91. The number of anilines is 1. The lowest BCUT2D eigenvalue weighted by atomic mass is 9.98. The summed E-state index contributed by atoms with van der Waals surface area (Å²) in [5.74, 6) is -0.233. The summed E-state index contributed by atoms with van der Waals surface area (Å²) in [6.45, 7) is 1.86. The molecule has 0 atom stereocenters. The van der Waals surface area contributed by atoms with Gasteiger partial charge in [-0.1, -0.05) is 12.1 Å². The molecule has 120 valence electrons. The minimum Gasteiger partial charge on any atom is -0.320 e. The number of amides is 1.